The van der Waals surface area contributed by atoms with Gasteiger partial charge in [0.15, 0.2) is 5.11 Å². The third-order valence-corrected chi connectivity index (χ3v) is 2.72. The minimum Gasteiger partial charge on any atom is -0.385 e. The fraction of sp³-hybridized carbons (Fsp3) is 0.667. The Labute approximate surface area is 114 Å². The molecule has 0 radical (unpaired) electrons. The number of rotatable bonds is 8. The molecule has 1 rings (SSSR count). The predicted molar refractivity (Wildman–Crippen MR) is 76.7 cm³/mol. The van der Waals surface area contributed by atoms with E-state index in [4.69, 9.17) is 17.0 Å². The van der Waals surface area contributed by atoms with E-state index in [2.05, 4.69) is 15.7 Å². The van der Waals surface area contributed by atoms with Gasteiger partial charge in [-0.25, -0.2) is 0 Å². The van der Waals surface area contributed by atoms with Gasteiger partial charge in [0.25, 0.3) is 0 Å². The molecule has 18 heavy (non-hydrogen) atoms. The van der Waals surface area contributed by atoms with Crippen molar-refractivity contribution in [2.75, 3.05) is 26.8 Å². The summed E-state index contributed by atoms with van der Waals surface area (Å²) in [6.45, 7) is 5.36. The summed E-state index contributed by atoms with van der Waals surface area (Å²) < 4.78 is 6.91. The molecule has 5 nitrogen and oxygen atoms in total. The molecule has 0 fully saturated rings. The van der Waals surface area contributed by atoms with Gasteiger partial charge in [0.05, 0.1) is 5.69 Å². The second-order valence-electron chi connectivity index (χ2n) is 4.10. The summed E-state index contributed by atoms with van der Waals surface area (Å²) in [6, 6.07) is 2.01. The highest BCUT2D eigenvalue weighted by atomic mass is 32.1. The Morgan fingerprint density at radius 3 is 2.72 bits per heavy atom. The monoisotopic (exact) mass is 270 g/mol. The number of nitrogens with one attached hydrogen (secondary N) is 2. The molecular formula is C12H22N4OS. The predicted octanol–water partition coefficient (Wildman–Crippen LogP) is 1.08. The molecule has 6 heteroatoms. The summed E-state index contributed by atoms with van der Waals surface area (Å²) in [7, 11) is 1.70. The highest BCUT2D eigenvalue weighted by Crippen LogP contribution is 1.93. The van der Waals surface area contributed by atoms with Crippen LogP contribution in [-0.2, 0) is 11.3 Å². The lowest BCUT2D eigenvalue weighted by molar-refractivity contribution is 0.195. The number of hydrogen-bond donors (Lipinski definition) is 2. The van der Waals surface area contributed by atoms with Crippen LogP contribution >= 0.6 is 12.2 Å². The molecule has 1 aromatic rings. The number of ether oxygens (including phenoxy) is 1. The minimum atomic E-state index is 0.711. The first-order chi connectivity index (χ1) is 8.72. The van der Waals surface area contributed by atoms with Crippen LogP contribution in [0, 0.1) is 6.92 Å². The maximum absolute atomic E-state index is 5.15. The van der Waals surface area contributed by atoms with Crippen molar-refractivity contribution in [1.82, 2.24) is 20.4 Å². The van der Waals surface area contributed by atoms with Gasteiger partial charge in [-0.3, -0.25) is 4.68 Å². The Morgan fingerprint density at radius 2 is 2.11 bits per heavy atom. The van der Waals surface area contributed by atoms with E-state index in [1.807, 2.05) is 23.9 Å². The molecule has 0 aliphatic carbocycles. The molecule has 102 valence electrons. The Bertz CT molecular complexity index is 354. The van der Waals surface area contributed by atoms with Crippen LogP contribution in [-0.4, -0.2) is 41.7 Å². The van der Waals surface area contributed by atoms with E-state index in [-0.39, 0.29) is 0 Å². The van der Waals surface area contributed by atoms with Gasteiger partial charge in [0, 0.05) is 39.5 Å². The average molecular weight is 270 g/mol. The second-order valence-corrected chi connectivity index (χ2v) is 4.51. The van der Waals surface area contributed by atoms with Gasteiger partial charge in [-0.05, 0) is 38.0 Å². The van der Waals surface area contributed by atoms with Gasteiger partial charge in [0.2, 0.25) is 0 Å². The summed E-state index contributed by atoms with van der Waals surface area (Å²) in [4.78, 5) is 0. The van der Waals surface area contributed by atoms with Gasteiger partial charge >= 0.3 is 0 Å². The van der Waals surface area contributed by atoms with Crippen molar-refractivity contribution in [3.63, 3.8) is 0 Å². The molecule has 0 unspecified atom stereocenters. The molecule has 0 bridgehead atoms. The zero-order chi connectivity index (χ0) is 13.2. The van der Waals surface area contributed by atoms with Crippen molar-refractivity contribution in [2.45, 2.75) is 26.3 Å². The summed E-state index contributed by atoms with van der Waals surface area (Å²) >= 11 is 5.15. The molecule has 0 aliphatic rings. The molecule has 0 atom stereocenters. The third-order valence-electron chi connectivity index (χ3n) is 2.43. The summed E-state index contributed by atoms with van der Waals surface area (Å²) in [5.41, 5.74) is 1.05. The second kappa shape index (κ2) is 8.88. The van der Waals surface area contributed by atoms with E-state index in [1.165, 1.54) is 0 Å². The van der Waals surface area contributed by atoms with Crippen LogP contribution in [0.2, 0.25) is 0 Å². The van der Waals surface area contributed by atoms with Crippen LogP contribution < -0.4 is 10.6 Å². The standard InChI is InChI=1S/C12H22N4OS/c1-11-5-9-16(15-11)8-3-6-13-12(18)14-7-4-10-17-2/h5,9H,3-4,6-8,10H2,1-2H3,(H2,13,14,18). The molecule has 0 spiro atoms. The van der Waals surface area contributed by atoms with Crippen molar-refractivity contribution in [3.05, 3.63) is 18.0 Å². The van der Waals surface area contributed by atoms with Crippen LogP contribution in [0.3, 0.4) is 0 Å². The highest BCUT2D eigenvalue weighted by Gasteiger charge is 1.96. The summed E-state index contributed by atoms with van der Waals surface area (Å²) in [5.74, 6) is 0. The van der Waals surface area contributed by atoms with Crippen molar-refractivity contribution in [3.8, 4) is 0 Å². The quantitative estimate of drug-likeness (QED) is 0.547. The van der Waals surface area contributed by atoms with E-state index in [9.17, 15) is 0 Å². The molecule has 0 aromatic carbocycles. The van der Waals surface area contributed by atoms with Crippen LogP contribution in [0.15, 0.2) is 12.3 Å². The van der Waals surface area contributed by atoms with Crippen LogP contribution in [0.4, 0.5) is 0 Å². The Morgan fingerprint density at radius 1 is 1.39 bits per heavy atom. The third kappa shape index (κ3) is 6.56. The lowest BCUT2D eigenvalue weighted by atomic mass is 10.4. The average Bonchev–Trinajstić information content (AvgIpc) is 2.76. The maximum atomic E-state index is 5.15. The van der Waals surface area contributed by atoms with Crippen LogP contribution in [0.1, 0.15) is 18.5 Å². The van der Waals surface area contributed by atoms with Crippen LogP contribution in [0.25, 0.3) is 0 Å². The van der Waals surface area contributed by atoms with Crippen LogP contribution in [0.5, 0.6) is 0 Å². The Balaban J connectivity index is 1.98. The topological polar surface area (TPSA) is 51.1 Å². The largest absolute Gasteiger partial charge is 0.385 e. The lowest BCUT2D eigenvalue weighted by Gasteiger charge is -2.10. The molecule has 1 heterocycles. The Hall–Kier alpha value is -1.14. The number of aromatic nitrogens is 2. The Kier molecular flexibility index (Phi) is 7.36. The molecule has 0 saturated heterocycles. The van der Waals surface area contributed by atoms with Crippen molar-refractivity contribution in [2.24, 2.45) is 0 Å². The molecular weight excluding hydrogens is 248 g/mol. The van der Waals surface area contributed by atoms with E-state index >= 15 is 0 Å². The maximum Gasteiger partial charge on any atom is 0.166 e. The van der Waals surface area contributed by atoms with Gasteiger partial charge in [-0.2, -0.15) is 5.10 Å². The fourth-order valence-corrected chi connectivity index (χ4v) is 1.72. The fourth-order valence-electron chi connectivity index (χ4n) is 1.51. The SMILES string of the molecule is COCCCNC(=S)NCCCn1ccc(C)n1. The minimum absolute atomic E-state index is 0.711. The molecule has 0 amide bonds. The van der Waals surface area contributed by atoms with Crippen molar-refractivity contribution >= 4 is 17.3 Å². The molecule has 0 aliphatic heterocycles. The summed E-state index contributed by atoms with van der Waals surface area (Å²) in [5, 5.41) is 11.3. The van der Waals surface area contributed by atoms with E-state index < -0.39 is 0 Å². The van der Waals surface area contributed by atoms with Gasteiger partial charge in [-0.1, -0.05) is 0 Å². The normalized spacial score (nSPS) is 10.3. The molecule has 1 aromatic heterocycles. The number of thiocarbonyl (C=S) groups is 1. The zero-order valence-electron chi connectivity index (χ0n) is 11.1. The van der Waals surface area contributed by atoms with Gasteiger partial charge in [0.1, 0.15) is 0 Å². The number of nitrogens with zero attached hydrogens (tertiary/aromatic N) is 2. The first-order valence-electron chi connectivity index (χ1n) is 6.23. The lowest BCUT2D eigenvalue weighted by Crippen LogP contribution is -2.36. The van der Waals surface area contributed by atoms with Crippen molar-refractivity contribution in [1.29, 1.82) is 0 Å². The number of methoxy groups -OCH3 is 1. The number of aryl methyl sites for hydroxylation is 2. The van der Waals surface area contributed by atoms with Gasteiger partial charge < -0.3 is 15.4 Å². The highest BCUT2D eigenvalue weighted by molar-refractivity contribution is 7.80. The smallest absolute Gasteiger partial charge is 0.166 e. The zero-order valence-corrected chi connectivity index (χ0v) is 11.9. The first kappa shape index (κ1) is 14.9. The number of hydrogen-bond acceptors (Lipinski definition) is 3. The van der Waals surface area contributed by atoms with E-state index in [0.29, 0.717) is 5.11 Å². The molecule has 0 saturated carbocycles. The van der Waals surface area contributed by atoms with E-state index in [0.717, 1.165) is 44.8 Å². The van der Waals surface area contributed by atoms with E-state index in [1.54, 1.807) is 7.11 Å². The van der Waals surface area contributed by atoms with Gasteiger partial charge in [-0.15, -0.1) is 0 Å². The first-order valence-corrected chi connectivity index (χ1v) is 6.64. The molecule has 2 N–H and O–H groups in total. The van der Waals surface area contributed by atoms with Crippen molar-refractivity contribution < 1.29 is 4.74 Å². The summed E-state index contributed by atoms with van der Waals surface area (Å²) in [6.07, 6.45) is 3.96.